The molecule has 6 nitrogen and oxygen atoms in total. The first kappa shape index (κ1) is 16.2. The number of anilines is 2. The van der Waals surface area contributed by atoms with Crippen molar-refractivity contribution >= 4 is 17.9 Å². The van der Waals surface area contributed by atoms with Crippen molar-refractivity contribution in [3.63, 3.8) is 0 Å². The molecule has 3 rings (SSSR count). The quantitative estimate of drug-likeness (QED) is 0.670. The van der Waals surface area contributed by atoms with E-state index in [1.165, 1.54) is 23.6 Å². The van der Waals surface area contributed by atoms with Crippen molar-refractivity contribution in [3.05, 3.63) is 51.4 Å². The number of hydrogen-bond acceptors (Lipinski definition) is 5. The third-order valence-corrected chi connectivity index (χ3v) is 4.30. The van der Waals surface area contributed by atoms with Crippen LogP contribution in [0.3, 0.4) is 0 Å². The number of aromatic amines is 1. The van der Waals surface area contributed by atoms with Crippen molar-refractivity contribution < 1.29 is 0 Å². The Balaban J connectivity index is 1.73. The van der Waals surface area contributed by atoms with Crippen molar-refractivity contribution in [3.8, 4) is 0 Å². The van der Waals surface area contributed by atoms with Gasteiger partial charge >= 0.3 is 0 Å². The molecule has 1 aromatic heterocycles. The number of benzene rings is 1. The van der Waals surface area contributed by atoms with Gasteiger partial charge in [0.2, 0.25) is 5.95 Å². The zero-order valence-electron chi connectivity index (χ0n) is 14.2. The van der Waals surface area contributed by atoms with E-state index in [4.69, 9.17) is 0 Å². The second-order valence-corrected chi connectivity index (χ2v) is 6.21. The van der Waals surface area contributed by atoms with E-state index >= 15 is 0 Å². The maximum atomic E-state index is 11.9. The first-order valence-corrected chi connectivity index (χ1v) is 8.34. The summed E-state index contributed by atoms with van der Waals surface area (Å²) < 4.78 is 0. The van der Waals surface area contributed by atoms with Crippen LogP contribution in [0.4, 0.5) is 11.6 Å². The summed E-state index contributed by atoms with van der Waals surface area (Å²) in [5.74, 6) is 0.634. The van der Waals surface area contributed by atoms with E-state index < -0.39 is 0 Å². The second kappa shape index (κ2) is 7.29. The monoisotopic (exact) mass is 325 g/mol. The minimum absolute atomic E-state index is 0.154. The van der Waals surface area contributed by atoms with E-state index in [0.29, 0.717) is 11.6 Å². The number of hydrogen-bond donors (Lipinski definition) is 2. The molecule has 1 aromatic carbocycles. The normalized spacial score (nSPS) is 15.0. The van der Waals surface area contributed by atoms with Gasteiger partial charge in [0.15, 0.2) is 0 Å². The lowest BCUT2D eigenvalue weighted by molar-refractivity contribution is 0.567. The van der Waals surface area contributed by atoms with E-state index in [0.717, 1.165) is 31.6 Å². The molecule has 2 N–H and O–H groups in total. The van der Waals surface area contributed by atoms with Gasteiger partial charge in [-0.25, -0.2) is 4.98 Å². The number of aryl methyl sites for hydroxylation is 2. The zero-order valence-corrected chi connectivity index (χ0v) is 14.2. The molecular formula is C18H23N5O. The molecule has 0 saturated carbocycles. The van der Waals surface area contributed by atoms with Gasteiger partial charge in [0, 0.05) is 19.2 Å². The SMILES string of the molecule is Cc1ccc(N/N=C/c2cc(=O)[nH]c(N3CCCCC3)n2)cc1C. The van der Waals surface area contributed by atoms with Gasteiger partial charge in [-0.05, 0) is 56.4 Å². The Hall–Kier alpha value is -2.63. The number of H-pyrrole nitrogens is 1. The van der Waals surface area contributed by atoms with Crippen LogP contribution in [0.15, 0.2) is 34.2 Å². The van der Waals surface area contributed by atoms with Crippen LogP contribution in [-0.4, -0.2) is 29.3 Å². The summed E-state index contributed by atoms with van der Waals surface area (Å²) in [6, 6.07) is 7.52. The van der Waals surface area contributed by atoms with Crippen LogP contribution in [0.5, 0.6) is 0 Å². The molecular weight excluding hydrogens is 302 g/mol. The smallest absolute Gasteiger partial charge is 0.252 e. The summed E-state index contributed by atoms with van der Waals surface area (Å²) in [6.45, 7) is 6.01. The fraction of sp³-hybridized carbons (Fsp3) is 0.389. The van der Waals surface area contributed by atoms with Gasteiger partial charge in [-0.1, -0.05) is 6.07 Å². The predicted octanol–water partition coefficient (Wildman–Crippen LogP) is 2.82. The predicted molar refractivity (Wildman–Crippen MR) is 98.1 cm³/mol. The van der Waals surface area contributed by atoms with Gasteiger partial charge in [0.05, 0.1) is 17.6 Å². The van der Waals surface area contributed by atoms with Crippen molar-refractivity contribution in [2.24, 2.45) is 5.10 Å². The van der Waals surface area contributed by atoms with E-state index in [-0.39, 0.29) is 5.56 Å². The maximum Gasteiger partial charge on any atom is 0.252 e. The Labute approximate surface area is 141 Å². The summed E-state index contributed by atoms with van der Waals surface area (Å²) >= 11 is 0. The average molecular weight is 325 g/mol. The summed E-state index contributed by atoms with van der Waals surface area (Å²) in [6.07, 6.45) is 5.09. The van der Waals surface area contributed by atoms with E-state index in [1.54, 1.807) is 6.21 Å². The first-order chi connectivity index (χ1) is 11.6. The number of rotatable bonds is 4. The van der Waals surface area contributed by atoms with Gasteiger partial charge in [-0.3, -0.25) is 15.2 Å². The van der Waals surface area contributed by atoms with E-state index in [2.05, 4.69) is 39.2 Å². The molecule has 2 heterocycles. The molecule has 6 heteroatoms. The molecule has 1 fully saturated rings. The summed E-state index contributed by atoms with van der Waals surface area (Å²) in [5, 5.41) is 4.20. The molecule has 126 valence electrons. The molecule has 0 aliphatic carbocycles. The van der Waals surface area contributed by atoms with Crippen LogP contribution in [0, 0.1) is 13.8 Å². The molecule has 2 aromatic rings. The van der Waals surface area contributed by atoms with Crippen LogP contribution >= 0.6 is 0 Å². The number of piperidine rings is 1. The number of nitrogens with zero attached hydrogens (tertiary/aromatic N) is 3. The minimum atomic E-state index is -0.154. The van der Waals surface area contributed by atoms with Gasteiger partial charge in [-0.2, -0.15) is 5.10 Å². The van der Waals surface area contributed by atoms with E-state index in [9.17, 15) is 4.79 Å². The van der Waals surface area contributed by atoms with Gasteiger partial charge in [-0.15, -0.1) is 0 Å². The largest absolute Gasteiger partial charge is 0.342 e. The van der Waals surface area contributed by atoms with Crippen LogP contribution < -0.4 is 15.9 Å². The topological polar surface area (TPSA) is 73.4 Å². The van der Waals surface area contributed by atoms with Crippen molar-refractivity contribution in [2.75, 3.05) is 23.4 Å². The molecule has 1 saturated heterocycles. The van der Waals surface area contributed by atoms with Crippen molar-refractivity contribution in [1.82, 2.24) is 9.97 Å². The lowest BCUT2D eigenvalue weighted by atomic mass is 10.1. The fourth-order valence-electron chi connectivity index (χ4n) is 2.77. The maximum absolute atomic E-state index is 11.9. The van der Waals surface area contributed by atoms with Gasteiger partial charge in [0.25, 0.3) is 5.56 Å². The third-order valence-electron chi connectivity index (χ3n) is 4.30. The number of aromatic nitrogens is 2. The van der Waals surface area contributed by atoms with Crippen LogP contribution in [0.2, 0.25) is 0 Å². The van der Waals surface area contributed by atoms with Crippen molar-refractivity contribution in [2.45, 2.75) is 33.1 Å². The zero-order chi connectivity index (χ0) is 16.9. The molecule has 0 unspecified atom stereocenters. The Morgan fingerprint density at radius 2 is 1.96 bits per heavy atom. The molecule has 0 amide bonds. The third kappa shape index (κ3) is 4.01. The summed E-state index contributed by atoms with van der Waals surface area (Å²) in [5.41, 5.74) is 6.74. The molecule has 0 atom stereocenters. The molecule has 24 heavy (non-hydrogen) atoms. The van der Waals surface area contributed by atoms with Crippen molar-refractivity contribution in [1.29, 1.82) is 0 Å². The van der Waals surface area contributed by atoms with Crippen LogP contribution in [0.1, 0.15) is 36.1 Å². The Morgan fingerprint density at radius 3 is 2.71 bits per heavy atom. The highest BCUT2D eigenvalue weighted by Crippen LogP contribution is 2.15. The van der Waals surface area contributed by atoms with Crippen LogP contribution in [0.25, 0.3) is 0 Å². The highest BCUT2D eigenvalue weighted by atomic mass is 16.1. The van der Waals surface area contributed by atoms with E-state index in [1.807, 2.05) is 18.2 Å². The Kier molecular flexibility index (Phi) is 4.93. The van der Waals surface area contributed by atoms with Gasteiger partial charge < -0.3 is 4.90 Å². The molecule has 1 aliphatic rings. The Bertz CT molecular complexity index is 790. The molecule has 0 bridgehead atoms. The number of nitrogens with one attached hydrogen (secondary N) is 2. The van der Waals surface area contributed by atoms with Crippen LogP contribution in [-0.2, 0) is 0 Å². The highest BCUT2D eigenvalue weighted by Gasteiger charge is 2.13. The minimum Gasteiger partial charge on any atom is -0.342 e. The first-order valence-electron chi connectivity index (χ1n) is 8.34. The fourth-order valence-corrected chi connectivity index (χ4v) is 2.77. The summed E-state index contributed by atoms with van der Waals surface area (Å²) in [7, 11) is 0. The molecule has 1 aliphatic heterocycles. The highest BCUT2D eigenvalue weighted by molar-refractivity contribution is 5.78. The lowest BCUT2D eigenvalue weighted by Gasteiger charge is -2.26. The lowest BCUT2D eigenvalue weighted by Crippen LogP contribution is -2.32. The standard InChI is InChI=1S/C18H23N5O/c1-13-6-7-15(10-14(13)2)22-19-12-16-11-17(24)21-18(20-16)23-8-4-3-5-9-23/h6-7,10-12,22H,3-5,8-9H2,1-2H3,(H,20,21,24)/b19-12+. The van der Waals surface area contributed by atoms with Gasteiger partial charge in [0.1, 0.15) is 0 Å². The molecule has 0 spiro atoms. The molecule has 0 radical (unpaired) electrons. The number of hydrazone groups is 1. The Morgan fingerprint density at radius 1 is 1.17 bits per heavy atom. The second-order valence-electron chi connectivity index (χ2n) is 6.21. The summed E-state index contributed by atoms with van der Waals surface area (Å²) in [4.78, 5) is 21.3. The average Bonchev–Trinajstić information content (AvgIpc) is 2.58.